The van der Waals surface area contributed by atoms with Crippen LogP contribution in [0.5, 0.6) is 11.5 Å². The Morgan fingerprint density at radius 1 is 1.17 bits per heavy atom. The van der Waals surface area contributed by atoms with Crippen LogP contribution in [0.3, 0.4) is 0 Å². The minimum absolute atomic E-state index is 0.300. The molecule has 0 fully saturated rings. The standard InChI is InChI=1S/C19H22FIN2O/c1-5-6-23(4)12-22-18-7-14(3)19(8-13(18)2)24-17-10-15(20)9-16(21)11-17/h7-12H,5-6H2,1-4H3. The van der Waals surface area contributed by atoms with Gasteiger partial charge >= 0.3 is 0 Å². The van der Waals surface area contributed by atoms with Crippen molar-refractivity contribution in [1.29, 1.82) is 0 Å². The van der Waals surface area contributed by atoms with Crippen molar-refractivity contribution in [2.24, 2.45) is 4.99 Å². The van der Waals surface area contributed by atoms with Crippen molar-refractivity contribution in [2.75, 3.05) is 13.6 Å². The molecule has 24 heavy (non-hydrogen) atoms. The summed E-state index contributed by atoms with van der Waals surface area (Å²) >= 11 is 2.07. The highest BCUT2D eigenvalue weighted by molar-refractivity contribution is 14.1. The monoisotopic (exact) mass is 440 g/mol. The molecular weight excluding hydrogens is 418 g/mol. The van der Waals surface area contributed by atoms with Crippen LogP contribution in [-0.2, 0) is 0 Å². The lowest BCUT2D eigenvalue weighted by Gasteiger charge is -2.13. The van der Waals surface area contributed by atoms with Gasteiger partial charge in [-0.1, -0.05) is 6.92 Å². The Labute approximate surface area is 156 Å². The molecule has 2 aromatic rings. The number of ether oxygens (including phenoxy) is 1. The maximum atomic E-state index is 13.5. The first-order chi connectivity index (χ1) is 11.4. The van der Waals surface area contributed by atoms with E-state index in [0.29, 0.717) is 5.75 Å². The Hall–Kier alpha value is -1.63. The van der Waals surface area contributed by atoms with Crippen LogP contribution in [0.4, 0.5) is 10.1 Å². The molecule has 0 amide bonds. The molecule has 2 aromatic carbocycles. The van der Waals surface area contributed by atoms with Crippen molar-refractivity contribution in [1.82, 2.24) is 4.90 Å². The van der Waals surface area contributed by atoms with Gasteiger partial charge in [0.2, 0.25) is 0 Å². The van der Waals surface area contributed by atoms with E-state index in [1.54, 1.807) is 0 Å². The minimum Gasteiger partial charge on any atom is -0.457 e. The van der Waals surface area contributed by atoms with E-state index in [-0.39, 0.29) is 5.82 Å². The van der Waals surface area contributed by atoms with Crippen LogP contribution in [0.2, 0.25) is 0 Å². The van der Waals surface area contributed by atoms with Crippen molar-refractivity contribution < 1.29 is 9.13 Å². The summed E-state index contributed by atoms with van der Waals surface area (Å²) in [5.74, 6) is 0.919. The lowest BCUT2D eigenvalue weighted by Crippen LogP contribution is -2.16. The van der Waals surface area contributed by atoms with Crippen LogP contribution in [0.25, 0.3) is 0 Å². The molecule has 128 valence electrons. The third-order valence-electron chi connectivity index (χ3n) is 3.53. The zero-order valence-electron chi connectivity index (χ0n) is 14.4. The fourth-order valence-corrected chi connectivity index (χ4v) is 2.91. The number of halogens is 2. The Morgan fingerprint density at radius 3 is 2.58 bits per heavy atom. The lowest BCUT2D eigenvalue weighted by molar-refractivity contribution is 0.472. The maximum absolute atomic E-state index is 13.5. The smallest absolute Gasteiger partial charge is 0.131 e. The Kier molecular flexibility index (Phi) is 6.60. The van der Waals surface area contributed by atoms with Crippen molar-refractivity contribution in [3.8, 4) is 11.5 Å². The molecule has 0 aliphatic rings. The van der Waals surface area contributed by atoms with Crippen LogP contribution < -0.4 is 4.74 Å². The quantitative estimate of drug-likeness (QED) is 0.320. The van der Waals surface area contributed by atoms with E-state index >= 15 is 0 Å². The second-order valence-corrected chi connectivity index (χ2v) is 7.08. The number of aliphatic imine (C=N–C) groups is 1. The highest BCUT2D eigenvalue weighted by atomic mass is 127. The summed E-state index contributed by atoms with van der Waals surface area (Å²) in [6.07, 6.45) is 2.93. The van der Waals surface area contributed by atoms with Gasteiger partial charge in [0.25, 0.3) is 0 Å². The molecule has 0 aromatic heterocycles. The molecule has 2 rings (SSSR count). The first kappa shape index (κ1) is 18.7. The van der Waals surface area contributed by atoms with E-state index in [9.17, 15) is 4.39 Å². The number of rotatable bonds is 6. The Balaban J connectivity index is 2.23. The number of nitrogens with zero attached hydrogens (tertiary/aromatic N) is 2. The molecule has 0 bridgehead atoms. The van der Waals surface area contributed by atoms with Gasteiger partial charge in [-0.2, -0.15) is 0 Å². The summed E-state index contributed by atoms with van der Waals surface area (Å²) < 4.78 is 20.2. The third kappa shape index (κ3) is 5.19. The highest BCUT2D eigenvalue weighted by Crippen LogP contribution is 2.32. The van der Waals surface area contributed by atoms with E-state index in [0.717, 1.165) is 39.1 Å². The molecule has 0 aliphatic carbocycles. The molecule has 0 atom stereocenters. The van der Waals surface area contributed by atoms with E-state index in [1.165, 1.54) is 12.1 Å². The Morgan fingerprint density at radius 2 is 1.92 bits per heavy atom. The first-order valence-electron chi connectivity index (χ1n) is 7.88. The van der Waals surface area contributed by atoms with Crippen molar-refractivity contribution in [3.05, 3.63) is 50.8 Å². The zero-order valence-corrected chi connectivity index (χ0v) is 16.6. The van der Waals surface area contributed by atoms with E-state index < -0.39 is 0 Å². The SMILES string of the molecule is CCCN(C)C=Nc1cc(C)c(Oc2cc(F)cc(I)c2)cc1C. The van der Waals surface area contributed by atoms with Crippen LogP contribution >= 0.6 is 22.6 Å². The fourth-order valence-electron chi connectivity index (χ4n) is 2.31. The lowest BCUT2D eigenvalue weighted by atomic mass is 10.1. The fraction of sp³-hybridized carbons (Fsp3) is 0.316. The molecule has 0 heterocycles. The number of aryl methyl sites for hydroxylation is 2. The van der Waals surface area contributed by atoms with Gasteiger partial charge in [0, 0.05) is 23.2 Å². The van der Waals surface area contributed by atoms with E-state index in [1.807, 2.05) is 45.4 Å². The molecular formula is C19H22FIN2O. The number of benzene rings is 2. The molecule has 0 spiro atoms. The maximum Gasteiger partial charge on any atom is 0.131 e. The molecule has 0 unspecified atom stereocenters. The highest BCUT2D eigenvalue weighted by Gasteiger charge is 2.08. The summed E-state index contributed by atoms with van der Waals surface area (Å²) in [5.41, 5.74) is 2.89. The summed E-state index contributed by atoms with van der Waals surface area (Å²) in [4.78, 5) is 6.61. The Bertz CT molecular complexity index is 726. The van der Waals surface area contributed by atoms with Crippen molar-refractivity contribution >= 4 is 34.6 Å². The summed E-state index contributed by atoms with van der Waals surface area (Å²) in [6.45, 7) is 7.07. The third-order valence-corrected chi connectivity index (χ3v) is 4.15. The normalized spacial score (nSPS) is 11.1. The molecule has 0 radical (unpaired) electrons. The minimum atomic E-state index is -0.300. The van der Waals surface area contributed by atoms with Gasteiger partial charge in [-0.25, -0.2) is 9.38 Å². The molecule has 0 N–H and O–H groups in total. The second-order valence-electron chi connectivity index (χ2n) is 5.84. The predicted octanol–water partition coefficient (Wildman–Crippen LogP) is 5.84. The van der Waals surface area contributed by atoms with Gasteiger partial charge in [0.15, 0.2) is 0 Å². The van der Waals surface area contributed by atoms with Crippen LogP contribution in [-0.4, -0.2) is 24.8 Å². The van der Waals surface area contributed by atoms with Gasteiger partial charge in [0.05, 0.1) is 12.0 Å². The van der Waals surface area contributed by atoms with Crippen molar-refractivity contribution in [2.45, 2.75) is 27.2 Å². The second kappa shape index (κ2) is 8.46. The zero-order chi connectivity index (χ0) is 17.7. The molecule has 3 nitrogen and oxygen atoms in total. The van der Waals surface area contributed by atoms with Gasteiger partial charge in [0.1, 0.15) is 17.3 Å². The first-order valence-corrected chi connectivity index (χ1v) is 8.96. The van der Waals surface area contributed by atoms with E-state index in [4.69, 9.17) is 4.74 Å². The number of hydrogen-bond donors (Lipinski definition) is 0. The molecule has 5 heteroatoms. The van der Waals surface area contributed by atoms with Crippen molar-refractivity contribution in [3.63, 3.8) is 0 Å². The van der Waals surface area contributed by atoms with Gasteiger partial charge in [-0.05, 0) is 78.3 Å². The largest absolute Gasteiger partial charge is 0.457 e. The molecule has 0 saturated carbocycles. The summed E-state index contributed by atoms with van der Waals surface area (Å²) in [5, 5.41) is 0. The average molecular weight is 440 g/mol. The summed E-state index contributed by atoms with van der Waals surface area (Å²) in [6, 6.07) is 8.61. The van der Waals surface area contributed by atoms with Gasteiger partial charge in [-0.3, -0.25) is 0 Å². The predicted molar refractivity (Wildman–Crippen MR) is 106 cm³/mol. The average Bonchev–Trinajstić information content (AvgIpc) is 2.48. The van der Waals surface area contributed by atoms with Gasteiger partial charge < -0.3 is 9.64 Å². The molecule has 0 aliphatic heterocycles. The van der Waals surface area contributed by atoms with E-state index in [2.05, 4.69) is 39.4 Å². The van der Waals surface area contributed by atoms with Crippen LogP contribution in [0.15, 0.2) is 35.3 Å². The topological polar surface area (TPSA) is 24.8 Å². The van der Waals surface area contributed by atoms with Gasteiger partial charge in [-0.15, -0.1) is 0 Å². The summed E-state index contributed by atoms with van der Waals surface area (Å²) in [7, 11) is 2.01. The number of hydrogen-bond acceptors (Lipinski definition) is 2. The van der Waals surface area contributed by atoms with Crippen LogP contribution in [0, 0.1) is 23.2 Å². The molecule has 0 saturated heterocycles. The van der Waals surface area contributed by atoms with Crippen LogP contribution in [0.1, 0.15) is 24.5 Å².